The van der Waals surface area contributed by atoms with Gasteiger partial charge in [-0.1, -0.05) is 48.0 Å². The average molecular weight is 692 g/mol. The van der Waals surface area contributed by atoms with Gasteiger partial charge in [0.1, 0.15) is 28.2 Å². The highest BCUT2D eigenvalue weighted by atomic mass is 35.5. The highest BCUT2D eigenvalue weighted by Gasteiger charge is 2.43. The lowest BCUT2D eigenvalue weighted by Gasteiger charge is -2.43. The number of hydrogen-bond acceptors (Lipinski definition) is 5. The Balaban J connectivity index is 1.23. The summed E-state index contributed by atoms with van der Waals surface area (Å²) in [7, 11) is 1.67. The summed E-state index contributed by atoms with van der Waals surface area (Å²) in [5.74, 6) is -0.457. The van der Waals surface area contributed by atoms with E-state index in [0.29, 0.717) is 25.9 Å². The average Bonchev–Trinajstić information content (AvgIpc) is 3.92. The molecule has 1 aliphatic carbocycles. The van der Waals surface area contributed by atoms with E-state index in [2.05, 4.69) is 45.9 Å². The molecular formula is C39H44ClF2N3O4. The highest BCUT2D eigenvalue weighted by molar-refractivity contribution is 6.32. The number of halogens is 3. The van der Waals surface area contributed by atoms with Gasteiger partial charge in [-0.3, -0.25) is 9.59 Å². The van der Waals surface area contributed by atoms with Gasteiger partial charge in [-0.05, 0) is 91.7 Å². The van der Waals surface area contributed by atoms with E-state index >= 15 is 0 Å². The molecule has 3 unspecified atom stereocenters. The fraction of sp³-hybridized carbons (Fsp3) is 0.436. The van der Waals surface area contributed by atoms with E-state index in [1.807, 2.05) is 19.1 Å². The smallest absolute Gasteiger partial charge is 0.252 e. The molecule has 3 aromatic carbocycles. The molecule has 7 nitrogen and oxygen atoms in total. The molecule has 6 rings (SSSR count). The fourth-order valence-electron chi connectivity index (χ4n) is 7.28. The number of carbonyl (C=O) groups excluding carboxylic acids is 2. The van der Waals surface area contributed by atoms with Gasteiger partial charge in [-0.25, -0.2) is 8.78 Å². The Hall–Kier alpha value is -3.95. The van der Waals surface area contributed by atoms with Crippen LogP contribution in [0.15, 0.2) is 60.2 Å². The molecule has 2 fully saturated rings. The summed E-state index contributed by atoms with van der Waals surface area (Å²) >= 11 is 5.93. The number of methoxy groups -OCH3 is 1. The predicted octanol–water partition coefficient (Wildman–Crippen LogP) is 7.17. The lowest BCUT2D eigenvalue weighted by atomic mass is 9.74. The van der Waals surface area contributed by atoms with Crippen molar-refractivity contribution >= 4 is 29.0 Å². The number of nitrogens with zero attached hydrogens (tertiary/aromatic N) is 1. The largest absolute Gasteiger partial charge is 0.496 e. The van der Waals surface area contributed by atoms with E-state index in [4.69, 9.17) is 21.1 Å². The Labute approximate surface area is 292 Å². The van der Waals surface area contributed by atoms with E-state index in [1.165, 1.54) is 0 Å². The number of piperidine rings is 1. The van der Waals surface area contributed by atoms with Crippen molar-refractivity contribution in [2.75, 3.05) is 20.3 Å². The number of aryl methyl sites for hydroxylation is 1. The second kappa shape index (κ2) is 15.3. The van der Waals surface area contributed by atoms with Crippen LogP contribution < -0.4 is 20.1 Å². The van der Waals surface area contributed by atoms with Gasteiger partial charge in [0, 0.05) is 55.8 Å². The maximum atomic E-state index is 14.8. The molecule has 0 radical (unpaired) electrons. The van der Waals surface area contributed by atoms with Crippen LogP contribution in [0.5, 0.6) is 11.5 Å². The minimum absolute atomic E-state index is 0.00350. The van der Waals surface area contributed by atoms with Crippen molar-refractivity contribution < 1.29 is 27.8 Å². The van der Waals surface area contributed by atoms with Crippen LogP contribution in [-0.4, -0.2) is 55.1 Å². The minimum Gasteiger partial charge on any atom is -0.496 e. The van der Waals surface area contributed by atoms with Crippen LogP contribution in [0.4, 0.5) is 8.78 Å². The first-order chi connectivity index (χ1) is 23.6. The quantitative estimate of drug-likeness (QED) is 0.147. The Kier molecular flexibility index (Phi) is 10.9. The molecule has 3 aromatic rings. The molecule has 260 valence electrons. The lowest BCUT2D eigenvalue weighted by molar-refractivity contribution is -0.129. The number of rotatable bonds is 13. The van der Waals surface area contributed by atoms with Crippen LogP contribution in [-0.2, 0) is 22.6 Å². The van der Waals surface area contributed by atoms with Crippen molar-refractivity contribution in [3.05, 3.63) is 99.1 Å². The van der Waals surface area contributed by atoms with Gasteiger partial charge in [0.15, 0.2) is 0 Å². The minimum atomic E-state index is -0.847. The third-order valence-corrected chi connectivity index (χ3v) is 10.3. The van der Waals surface area contributed by atoms with Gasteiger partial charge in [0.2, 0.25) is 5.91 Å². The number of fused-ring (bicyclic) bond motifs is 2. The topological polar surface area (TPSA) is 79.9 Å². The first-order valence-corrected chi connectivity index (χ1v) is 17.5. The molecule has 1 saturated carbocycles. The normalized spacial score (nSPS) is 20.2. The molecule has 10 heteroatoms. The molecule has 1 saturated heterocycles. The van der Waals surface area contributed by atoms with Crippen molar-refractivity contribution in [3.63, 3.8) is 0 Å². The summed E-state index contributed by atoms with van der Waals surface area (Å²) in [5, 5.41) is 6.54. The summed E-state index contributed by atoms with van der Waals surface area (Å²) in [6, 6.07) is 16.5. The molecule has 3 aliphatic rings. The lowest BCUT2D eigenvalue weighted by Crippen LogP contribution is -2.54. The highest BCUT2D eigenvalue weighted by Crippen LogP contribution is 2.41. The number of nitrogens with one attached hydrogen (secondary N) is 2. The molecule has 49 heavy (non-hydrogen) atoms. The van der Waals surface area contributed by atoms with Crippen LogP contribution in [0.1, 0.15) is 67.7 Å². The Morgan fingerprint density at radius 3 is 2.55 bits per heavy atom. The summed E-state index contributed by atoms with van der Waals surface area (Å²) in [5.41, 5.74) is 6.16. The zero-order valence-electron chi connectivity index (χ0n) is 28.3. The molecule has 2 amide bonds. The number of ether oxygens (including phenoxy) is 2. The van der Waals surface area contributed by atoms with Crippen molar-refractivity contribution in [2.24, 2.45) is 5.92 Å². The van der Waals surface area contributed by atoms with E-state index < -0.39 is 11.6 Å². The van der Waals surface area contributed by atoms with Crippen LogP contribution in [0.3, 0.4) is 0 Å². The van der Waals surface area contributed by atoms with Crippen LogP contribution in [0.2, 0.25) is 5.02 Å². The number of hydrogen-bond donors (Lipinski definition) is 2. The summed E-state index contributed by atoms with van der Waals surface area (Å²) < 4.78 is 38.5. The van der Waals surface area contributed by atoms with Crippen molar-refractivity contribution in [2.45, 2.75) is 83.5 Å². The summed E-state index contributed by atoms with van der Waals surface area (Å²) in [6.45, 7) is 4.96. The molecule has 2 aliphatic heterocycles. The Morgan fingerprint density at radius 1 is 1.06 bits per heavy atom. The zero-order valence-corrected chi connectivity index (χ0v) is 29.0. The molecule has 3 atom stereocenters. The predicted molar refractivity (Wildman–Crippen MR) is 187 cm³/mol. The molecule has 2 N–H and O–H groups in total. The van der Waals surface area contributed by atoms with Crippen LogP contribution >= 0.6 is 11.6 Å². The van der Waals surface area contributed by atoms with Crippen LogP contribution in [0, 0.1) is 24.5 Å². The SMILES string of the molecule is COc1cccc(CN(C(=O)C2=C(c3ccc(CCCOc4cc(F)cc(F)c4Cl)cc3)CC3CC(CNC(C)=O)CC2N3)C2CC2)c1C. The maximum absolute atomic E-state index is 14.8. The van der Waals surface area contributed by atoms with Gasteiger partial charge in [0.25, 0.3) is 5.91 Å². The number of carbonyl (C=O) groups is 2. The van der Waals surface area contributed by atoms with Gasteiger partial charge >= 0.3 is 0 Å². The van der Waals surface area contributed by atoms with Gasteiger partial charge in [0.05, 0.1) is 13.7 Å². The molecule has 0 spiro atoms. The summed E-state index contributed by atoms with van der Waals surface area (Å²) in [6.07, 6.45) is 5.73. The van der Waals surface area contributed by atoms with Crippen LogP contribution in [0.25, 0.3) is 5.57 Å². The van der Waals surface area contributed by atoms with Gasteiger partial charge < -0.3 is 25.0 Å². The van der Waals surface area contributed by atoms with Gasteiger partial charge in [-0.15, -0.1) is 0 Å². The third-order valence-electron chi connectivity index (χ3n) is 9.95. The second-order valence-electron chi connectivity index (χ2n) is 13.5. The van der Waals surface area contributed by atoms with E-state index in [9.17, 15) is 18.4 Å². The van der Waals surface area contributed by atoms with E-state index in [-0.39, 0.29) is 53.2 Å². The molecule has 2 bridgehead atoms. The van der Waals surface area contributed by atoms with Gasteiger partial charge in [-0.2, -0.15) is 0 Å². The second-order valence-corrected chi connectivity index (χ2v) is 13.9. The molecular weight excluding hydrogens is 648 g/mol. The Morgan fingerprint density at radius 2 is 1.84 bits per heavy atom. The first-order valence-electron chi connectivity index (χ1n) is 17.1. The monoisotopic (exact) mass is 691 g/mol. The van der Waals surface area contributed by atoms with E-state index in [1.54, 1.807) is 14.0 Å². The molecule has 2 heterocycles. The zero-order chi connectivity index (χ0) is 34.7. The standard InChI is InChI=1S/C39H44ClF2N3O4/c1-23-28(7-4-8-35(23)48-3)22-45(31-13-14-31)39(47)37-32(20-30-16-26(17-34(37)44-30)21-43-24(2)46)27-11-9-25(10-12-27)6-5-15-49-36-19-29(41)18-33(42)38(36)40/h4,7-12,18-19,26,30-31,34,44H,5-6,13-17,20-22H2,1-3H3,(H,43,46). The molecule has 0 aromatic heterocycles. The first kappa shape index (κ1) is 34.9. The number of benzene rings is 3. The fourth-order valence-corrected chi connectivity index (χ4v) is 7.44. The Bertz CT molecular complexity index is 1730. The summed E-state index contributed by atoms with van der Waals surface area (Å²) in [4.78, 5) is 28.6. The van der Waals surface area contributed by atoms with Crippen molar-refractivity contribution in [1.29, 1.82) is 0 Å². The van der Waals surface area contributed by atoms with Crippen molar-refractivity contribution in [3.8, 4) is 11.5 Å². The third kappa shape index (κ3) is 8.27. The van der Waals surface area contributed by atoms with Crippen molar-refractivity contribution in [1.82, 2.24) is 15.5 Å². The number of amides is 2. The van der Waals surface area contributed by atoms with E-state index in [0.717, 1.165) is 83.4 Å². The maximum Gasteiger partial charge on any atom is 0.252 e.